The Morgan fingerprint density at radius 2 is 1.80 bits per heavy atom. The number of fused-ring (bicyclic) bond motifs is 1. The highest BCUT2D eigenvalue weighted by atomic mass is 16.7. The van der Waals surface area contributed by atoms with Crippen LogP contribution in [0.2, 0.25) is 0 Å². The zero-order valence-corrected chi connectivity index (χ0v) is 14.2. The molecule has 0 bridgehead atoms. The molecular formula is C19H20O6. The number of rotatable bonds is 7. The molecule has 0 radical (unpaired) electrons. The lowest BCUT2D eigenvalue weighted by Gasteiger charge is -2.27. The molecule has 6 nitrogen and oxygen atoms in total. The summed E-state index contributed by atoms with van der Waals surface area (Å²) in [5.74, 6) is 1.78. The number of para-hydroxylation sites is 1. The highest BCUT2D eigenvalue weighted by Gasteiger charge is 2.29. The number of hydrogen-bond acceptors (Lipinski definition) is 6. The molecule has 1 unspecified atom stereocenters. The van der Waals surface area contributed by atoms with Gasteiger partial charge < -0.3 is 23.7 Å². The Kier molecular flexibility index (Phi) is 5.53. The number of Topliss-reactive ketones (excluding diaryl/α,β-unsaturated/α-hetero) is 1. The van der Waals surface area contributed by atoms with Crippen molar-refractivity contribution in [1.82, 2.24) is 0 Å². The first-order valence-electron chi connectivity index (χ1n) is 7.89. The number of benzene rings is 2. The van der Waals surface area contributed by atoms with Crippen molar-refractivity contribution < 1.29 is 28.5 Å². The number of hydrogen-bond donors (Lipinski definition) is 0. The van der Waals surface area contributed by atoms with E-state index in [9.17, 15) is 4.79 Å². The topological polar surface area (TPSA) is 63.2 Å². The molecule has 1 aliphatic heterocycles. The van der Waals surface area contributed by atoms with E-state index in [0.29, 0.717) is 22.8 Å². The first-order chi connectivity index (χ1) is 12.2. The average Bonchev–Trinajstić information content (AvgIpc) is 2.64. The second-order valence-electron chi connectivity index (χ2n) is 5.53. The third-order valence-electron chi connectivity index (χ3n) is 3.84. The van der Waals surface area contributed by atoms with Crippen molar-refractivity contribution in [2.45, 2.75) is 12.5 Å². The van der Waals surface area contributed by atoms with E-state index in [0.717, 1.165) is 5.56 Å². The third-order valence-corrected chi connectivity index (χ3v) is 3.84. The fourth-order valence-corrected chi connectivity index (χ4v) is 2.69. The molecule has 3 rings (SSSR count). The minimum atomic E-state index is -0.425. The Morgan fingerprint density at radius 1 is 1.04 bits per heavy atom. The number of methoxy groups -OCH3 is 2. The first kappa shape index (κ1) is 17.3. The summed E-state index contributed by atoms with van der Waals surface area (Å²) < 4.78 is 27.0. The molecule has 0 aromatic heterocycles. The van der Waals surface area contributed by atoms with Crippen molar-refractivity contribution in [1.29, 1.82) is 0 Å². The van der Waals surface area contributed by atoms with Crippen LogP contribution in [-0.4, -0.2) is 33.6 Å². The standard InChI is InChI=1S/C19H20O6/c1-21-11-23-13-7-8-15(18(9-13)24-12-22-2)19-10-16(20)14-5-3-4-6-17(14)25-19/h3-9,19H,10-12H2,1-2H3. The Hall–Kier alpha value is -2.57. The van der Waals surface area contributed by atoms with Crippen LogP contribution < -0.4 is 14.2 Å². The Labute approximate surface area is 146 Å². The molecule has 0 N–H and O–H groups in total. The van der Waals surface area contributed by atoms with E-state index in [-0.39, 0.29) is 25.8 Å². The van der Waals surface area contributed by atoms with Crippen LogP contribution in [0.25, 0.3) is 0 Å². The lowest BCUT2D eigenvalue weighted by Crippen LogP contribution is -2.21. The molecule has 2 aromatic rings. The van der Waals surface area contributed by atoms with Gasteiger partial charge in [-0.2, -0.15) is 0 Å². The maximum atomic E-state index is 12.4. The summed E-state index contributed by atoms with van der Waals surface area (Å²) in [6, 6.07) is 12.6. The fraction of sp³-hybridized carbons (Fsp3) is 0.316. The largest absolute Gasteiger partial charge is 0.484 e. The maximum Gasteiger partial charge on any atom is 0.188 e. The van der Waals surface area contributed by atoms with Crippen molar-refractivity contribution in [3.05, 3.63) is 53.6 Å². The van der Waals surface area contributed by atoms with Crippen LogP contribution in [0.1, 0.15) is 28.4 Å². The van der Waals surface area contributed by atoms with Crippen LogP contribution in [-0.2, 0) is 9.47 Å². The zero-order chi connectivity index (χ0) is 17.6. The Bertz CT molecular complexity index is 742. The van der Waals surface area contributed by atoms with E-state index in [4.69, 9.17) is 23.7 Å². The van der Waals surface area contributed by atoms with Crippen molar-refractivity contribution >= 4 is 5.78 Å². The van der Waals surface area contributed by atoms with Crippen molar-refractivity contribution in [3.63, 3.8) is 0 Å². The maximum absolute atomic E-state index is 12.4. The molecule has 1 atom stereocenters. The second kappa shape index (κ2) is 8.00. The van der Waals surface area contributed by atoms with E-state index in [1.165, 1.54) is 0 Å². The van der Waals surface area contributed by atoms with Gasteiger partial charge in [0.1, 0.15) is 23.4 Å². The lowest BCUT2D eigenvalue weighted by atomic mass is 9.95. The van der Waals surface area contributed by atoms with Gasteiger partial charge in [-0.05, 0) is 24.3 Å². The predicted molar refractivity (Wildman–Crippen MR) is 90.2 cm³/mol. The van der Waals surface area contributed by atoms with E-state index in [2.05, 4.69) is 0 Å². The summed E-state index contributed by atoms with van der Waals surface area (Å²) in [6.45, 7) is 0.215. The summed E-state index contributed by atoms with van der Waals surface area (Å²) >= 11 is 0. The fourth-order valence-electron chi connectivity index (χ4n) is 2.69. The second-order valence-corrected chi connectivity index (χ2v) is 5.53. The summed E-state index contributed by atoms with van der Waals surface area (Å²) in [6.07, 6.45) is -0.177. The molecule has 0 amide bonds. The van der Waals surface area contributed by atoms with E-state index < -0.39 is 6.10 Å². The first-order valence-corrected chi connectivity index (χ1v) is 7.89. The van der Waals surface area contributed by atoms with Gasteiger partial charge in [-0.25, -0.2) is 0 Å². The molecule has 0 aliphatic carbocycles. The Morgan fingerprint density at radius 3 is 2.60 bits per heavy atom. The molecule has 0 fully saturated rings. The molecular weight excluding hydrogens is 324 g/mol. The predicted octanol–water partition coefficient (Wildman–Crippen LogP) is 3.36. The van der Waals surface area contributed by atoms with Crippen LogP contribution in [0.5, 0.6) is 17.2 Å². The van der Waals surface area contributed by atoms with Gasteiger partial charge in [-0.15, -0.1) is 0 Å². The van der Waals surface area contributed by atoms with Crippen molar-refractivity contribution in [2.24, 2.45) is 0 Å². The van der Waals surface area contributed by atoms with Crippen LogP contribution in [0.3, 0.4) is 0 Å². The molecule has 0 saturated carbocycles. The molecule has 25 heavy (non-hydrogen) atoms. The van der Waals surface area contributed by atoms with Crippen LogP contribution in [0, 0.1) is 0 Å². The zero-order valence-electron chi connectivity index (χ0n) is 14.2. The number of carbonyl (C=O) groups is 1. The minimum Gasteiger partial charge on any atom is -0.484 e. The van der Waals surface area contributed by atoms with Gasteiger partial charge in [0.15, 0.2) is 19.4 Å². The summed E-state index contributed by atoms with van der Waals surface area (Å²) in [5.41, 5.74) is 1.38. The average molecular weight is 344 g/mol. The molecule has 0 saturated heterocycles. The van der Waals surface area contributed by atoms with Gasteiger partial charge in [-0.1, -0.05) is 12.1 Å². The quantitative estimate of drug-likeness (QED) is 0.718. The molecule has 0 spiro atoms. The summed E-state index contributed by atoms with van der Waals surface area (Å²) in [5, 5.41) is 0. The molecule has 2 aromatic carbocycles. The van der Waals surface area contributed by atoms with Gasteiger partial charge in [0.25, 0.3) is 0 Å². The number of ether oxygens (including phenoxy) is 5. The molecule has 132 valence electrons. The van der Waals surface area contributed by atoms with E-state index in [1.54, 1.807) is 38.5 Å². The van der Waals surface area contributed by atoms with E-state index in [1.807, 2.05) is 18.2 Å². The Balaban J connectivity index is 1.89. The van der Waals surface area contributed by atoms with Crippen LogP contribution >= 0.6 is 0 Å². The van der Waals surface area contributed by atoms with Gasteiger partial charge in [0.2, 0.25) is 0 Å². The highest BCUT2D eigenvalue weighted by molar-refractivity contribution is 6.00. The molecule has 1 aliphatic rings. The van der Waals surface area contributed by atoms with Crippen LogP contribution in [0.15, 0.2) is 42.5 Å². The lowest BCUT2D eigenvalue weighted by molar-refractivity contribution is 0.0439. The van der Waals surface area contributed by atoms with Gasteiger partial charge in [-0.3, -0.25) is 4.79 Å². The third kappa shape index (κ3) is 3.92. The summed E-state index contributed by atoms with van der Waals surface area (Å²) in [7, 11) is 3.09. The summed E-state index contributed by atoms with van der Waals surface area (Å²) in [4.78, 5) is 12.4. The van der Waals surface area contributed by atoms with Crippen molar-refractivity contribution in [2.75, 3.05) is 27.8 Å². The minimum absolute atomic E-state index is 0.0456. The monoisotopic (exact) mass is 344 g/mol. The normalized spacial score (nSPS) is 16.1. The van der Waals surface area contributed by atoms with Gasteiger partial charge >= 0.3 is 0 Å². The van der Waals surface area contributed by atoms with Crippen LogP contribution in [0.4, 0.5) is 0 Å². The number of carbonyl (C=O) groups excluding carboxylic acids is 1. The smallest absolute Gasteiger partial charge is 0.188 e. The number of ketones is 1. The van der Waals surface area contributed by atoms with Gasteiger partial charge in [0.05, 0.1) is 12.0 Å². The SMILES string of the molecule is COCOc1ccc(C2CC(=O)c3ccccc3O2)c(OCOC)c1. The molecule has 6 heteroatoms. The highest BCUT2D eigenvalue weighted by Crippen LogP contribution is 2.39. The van der Waals surface area contributed by atoms with E-state index >= 15 is 0 Å². The molecule has 1 heterocycles. The van der Waals surface area contributed by atoms with Crippen molar-refractivity contribution in [3.8, 4) is 17.2 Å². The van der Waals surface area contributed by atoms with Gasteiger partial charge in [0, 0.05) is 25.8 Å².